The summed E-state index contributed by atoms with van der Waals surface area (Å²) >= 11 is 0. The zero-order chi connectivity index (χ0) is 26.8. The molecule has 0 spiro atoms. The Morgan fingerprint density at radius 2 is 1.43 bits per heavy atom. The fourth-order valence-electron chi connectivity index (χ4n) is 6.44. The van der Waals surface area contributed by atoms with E-state index >= 15 is 0 Å². The van der Waals surface area contributed by atoms with Crippen molar-refractivity contribution in [2.45, 2.75) is 91.5 Å². The van der Waals surface area contributed by atoms with Crippen molar-refractivity contribution in [2.75, 3.05) is 0 Å². The van der Waals surface area contributed by atoms with Gasteiger partial charge >= 0.3 is 5.82 Å². The predicted octanol–water partition coefficient (Wildman–Crippen LogP) is 8.21. The van der Waals surface area contributed by atoms with Crippen molar-refractivity contribution >= 4 is 0 Å². The first-order valence-electron chi connectivity index (χ1n) is 13.8. The lowest BCUT2D eigenvalue weighted by atomic mass is 9.61. The van der Waals surface area contributed by atoms with Crippen LogP contribution in [0, 0.1) is 13.8 Å². The maximum atomic E-state index is 5.54. The zero-order valence-electron chi connectivity index (χ0n) is 24.1. The van der Waals surface area contributed by atoms with Gasteiger partial charge in [0.25, 0.3) is 5.82 Å². The molecule has 0 N–H and O–H groups in total. The van der Waals surface area contributed by atoms with Crippen LogP contribution in [0.25, 0.3) is 28.5 Å². The van der Waals surface area contributed by atoms with E-state index in [1.165, 1.54) is 39.2 Å². The zero-order valence-corrected chi connectivity index (χ0v) is 24.1. The molecular weight excluding hydrogens is 450 g/mol. The summed E-state index contributed by atoms with van der Waals surface area (Å²) in [6.07, 6.45) is 2.04. The first-order valence-corrected chi connectivity index (χ1v) is 13.8. The lowest BCUT2D eigenvalue weighted by molar-refractivity contribution is -0.573. The van der Waals surface area contributed by atoms with Gasteiger partial charge in [-0.25, -0.2) is 0 Å². The Labute approximate surface area is 223 Å². The minimum atomic E-state index is -0.173. The molecule has 0 radical (unpaired) electrons. The molecule has 1 aromatic heterocycles. The number of rotatable bonds is 4. The molecule has 2 unspecified atom stereocenters. The van der Waals surface area contributed by atoms with Gasteiger partial charge in [0, 0.05) is 10.5 Å². The molecule has 1 aliphatic rings. The van der Waals surface area contributed by atoms with Gasteiger partial charge in [0.05, 0.1) is 11.1 Å². The third-order valence-electron chi connectivity index (χ3n) is 9.33. The summed E-state index contributed by atoms with van der Waals surface area (Å²) in [6.45, 7) is 20.7. The molecule has 0 amide bonds. The standard InChI is InChI=1S/C34H42N3/c1-10-33(8)28-18-13-12-17-27(28)31-36(26-21-19-25(20-22-26)32(5,6)7)30(35-37(31)34(33,9)11-2)29-23(3)15-14-16-24(29)4/h12-22H,10-11H2,1-9H3/q+1. The number of nitrogens with zero attached hydrogens (tertiary/aromatic N) is 3. The number of hydrogen-bond donors (Lipinski definition) is 0. The van der Waals surface area contributed by atoms with Gasteiger partial charge in [-0.1, -0.05) is 94.8 Å². The quantitative estimate of drug-likeness (QED) is 0.263. The molecule has 0 saturated heterocycles. The molecule has 3 nitrogen and oxygen atoms in total. The highest BCUT2D eigenvalue weighted by Crippen LogP contribution is 2.53. The molecule has 0 aliphatic carbocycles. The van der Waals surface area contributed by atoms with Crippen molar-refractivity contribution in [1.82, 2.24) is 9.78 Å². The highest BCUT2D eigenvalue weighted by molar-refractivity contribution is 5.68. The Balaban J connectivity index is 1.93. The average Bonchev–Trinajstić information content (AvgIpc) is 3.27. The van der Waals surface area contributed by atoms with Gasteiger partial charge in [0.1, 0.15) is 11.2 Å². The fraction of sp³-hybridized carbons (Fsp3) is 0.412. The van der Waals surface area contributed by atoms with Crippen molar-refractivity contribution in [2.24, 2.45) is 0 Å². The summed E-state index contributed by atoms with van der Waals surface area (Å²) in [4.78, 5) is 0. The van der Waals surface area contributed by atoms with Gasteiger partial charge in [-0.3, -0.25) is 0 Å². The third kappa shape index (κ3) is 3.61. The van der Waals surface area contributed by atoms with E-state index in [-0.39, 0.29) is 16.4 Å². The average molecular weight is 493 g/mol. The molecule has 3 heteroatoms. The molecule has 4 aromatic rings. The van der Waals surface area contributed by atoms with Gasteiger partial charge in [0.15, 0.2) is 0 Å². The largest absolute Gasteiger partial charge is 0.314 e. The molecule has 2 atom stereocenters. The van der Waals surface area contributed by atoms with Crippen LogP contribution in [-0.4, -0.2) is 9.78 Å². The van der Waals surface area contributed by atoms with E-state index in [4.69, 9.17) is 5.10 Å². The van der Waals surface area contributed by atoms with E-state index < -0.39 is 0 Å². The second-order valence-corrected chi connectivity index (χ2v) is 12.3. The molecule has 0 bridgehead atoms. The van der Waals surface area contributed by atoms with Gasteiger partial charge in [-0.2, -0.15) is 4.57 Å². The summed E-state index contributed by atoms with van der Waals surface area (Å²) in [5.74, 6) is 2.19. The van der Waals surface area contributed by atoms with Crippen LogP contribution < -0.4 is 4.57 Å². The molecule has 0 saturated carbocycles. The summed E-state index contributed by atoms with van der Waals surface area (Å²) < 4.78 is 4.79. The van der Waals surface area contributed by atoms with Gasteiger partial charge in [0.2, 0.25) is 0 Å². The van der Waals surface area contributed by atoms with Crippen LogP contribution >= 0.6 is 0 Å². The van der Waals surface area contributed by atoms with Crippen LogP contribution in [0.1, 0.15) is 83.6 Å². The third-order valence-corrected chi connectivity index (χ3v) is 9.33. The molecule has 1 aliphatic heterocycles. The molecule has 37 heavy (non-hydrogen) atoms. The summed E-state index contributed by atoms with van der Waals surface area (Å²) in [6, 6.07) is 24.7. The van der Waals surface area contributed by atoms with Crippen molar-refractivity contribution < 1.29 is 4.57 Å². The Morgan fingerprint density at radius 3 is 2.00 bits per heavy atom. The summed E-state index contributed by atoms with van der Waals surface area (Å²) in [5.41, 5.74) is 8.80. The SMILES string of the molecule is CCC1(C)c2ccccc2-c2n(nc(-c3c(C)cccc3C)[n+]2-c2ccc(C(C)(C)C)cc2)C1(C)CC. The van der Waals surface area contributed by atoms with Crippen molar-refractivity contribution in [3.8, 4) is 28.5 Å². The minimum Gasteiger partial charge on any atom is -0.190 e. The topological polar surface area (TPSA) is 21.7 Å². The normalized spacial score (nSPS) is 21.0. The van der Waals surface area contributed by atoms with Gasteiger partial charge in [-0.15, -0.1) is 0 Å². The molecule has 3 aromatic carbocycles. The first kappa shape index (κ1) is 25.4. The van der Waals surface area contributed by atoms with E-state index in [0.29, 0.717) is 0 Å². The monoisotopic (exact) mass is 492 g/mol. The van der Waals surface area contributed by atoms with Crippen LogP contribution in [0.5, 0.6) is 0 Å². The van der Waals surface area contributed by atoms with Crippen LogP contribution in [0.4, 0.5) is 0 Å². The number of benzene rings is 3. The molecule has 2 heterocycles. The number of fused-ring (bicyclic) bond motifs is 3. The van der Waals surface area contributed by atoms with E-state index in [0.717, 1.165) is 24.4 Å². The molecule has 5 rings (SSSR count). The Bertz CT molecular complexity index is 1450. The number of aryl methyl sites for hydroxylation is 2. The van der Waals surface area contributed by atoms with E-state index in [1.54, 1.807) is 0 Å². The minimum absolute atomic E-state index is 0.0384. The van der Waals surface area contributed by atoms with E-state index in [1.807, 2.05) is 0 Å². The van der Waals surface area contributed by atoms with Crippen molar-refractivity contribution in [1.29, 1.82) is 0 Å². The van der Waals surface area contributed by atoms with Crippen LogP contribution in [0.15, 0.2) is 66.7 Å². The molecule has 192 valence electrons. The number of hydrogen-bond acceptors (Lipinski definition) is 1. The lowest BCUT2D eigenvalue weighted by Crippen LogP contribution is -2.53. The maximum Gasteiger partial charge on any atom is 0.314 e. The Morgan fingerprint density at radius 1 is 0.811 bits per heavy atom. The Kier molecular flexibility index (Phi) is 5.97. The predicted molar refractivity (Wildman–Crippen MR) is 154 cm³/mol. The molecular formula is C34H42N3+. The maximum absolute atomic E-state index is 5.54. The van der Waals surface area contributed by atoms with Crippen LogP contribution in [0.2, 0.25) is 0 Å². The van der Waals surface area contributed by atoms with Crippen LogP contribution in [-0.2, 0) is 16.4 Å². The second-order valence-electron chi connectivity index (χ2n) is 12.3. The van der Waals surface area contributed by atoms with E-state index in [9.17, 15) is 0 Å². The number of aromatic nitrogens is 3. The van der Waals surface area contributed by atoms with Crippen molar-refractivity contribution in [3.05, 3.63) is 89.0 Å². The Hall–Kier alpha value is -3.20. The van der Waals surface area contributed by atoms with Crippen molar-refractivity contribution in [3.63, 3.8) is 0 Å². The smallest absolute Gasteiger partial charge is 0.190 e. The van der Waals surface area contributed by atoms with E-state index in [2.05, 4.69) is 138 Å². The highest BCUT2D eigenvalue weighted by Gasteiger charge is 2.57. The summed E-state index contributed by atoms with van der Waals surface area (Å²) in [5, 5.41) is 5.54. The van der Waals surface area contributed by atoms with Gasteiger partial charge < -0.3 is 0 Å². The second kappa shape index (κ2) is 8.68. The molecule has 0 fully saturated rings. The fourth-order valence-corrected chi connectivity index (χ4v) is 6.44. The first-order chi connectivity index (χ1) is 17.5. The highest BCUT2D eigenvalue weighted by atomic mass is 15.4. The van der Waals surface area contributed by atoms with Gasteiger partial charge in [-0.05, 0) is 79.5 Å². The van der Waals surface area contributed by atoms with Crippen LogP contribution in [0.3, 0.4) is 0 Å². The summed E-state index contributed by atoms with van der Waals surface area (Å²) in [7, 11) is 0. The lowest BCUT2D eigenvalue weighted by Gasteiger charge is -2.46.